The van der Waals surface area contributed by atoms with Gasteiger partial charge in [0, 0.05) is 22.8 Å². The molecule has 0 bridgehead atoms. The lowest BCUT2D eigenvalue weighted by Gasteiger charge is -2.37. The van der Waals surface area contributed by atoms with Crippen LogP contribution in [0.25, 0.3) is 28.2 Å². The van der Waals surface area contributed by atoms with E-state index in [2.05, 4.69) is 10.1 Å². The molecule has 49 heavy (non-hydrogen) atoms. The van der Waals surface area contributed by atoms with Crippen LogP contribution in [0.5, 0.6) is 0 Å². The van der Waals surface area contributed by atoms with Crippen molar-refractivity contribution in [1.29, 1.82) is 0 Å². The SMILES string of the molecule is Cc1cc(-c2nn(C(=O)OC(C)(C)C)c3cc4c(cc23)N(C(=O)OC(C)(C)C)/C(=C/c2ccccc2)C(=O)N4C(=O)OC(C)(C)C)ccn1. The lowest BCUT2D eigenvalue weighted by atomic mass is 10.0. The van der Waals surface area contributed by atoms with E-state index in [0.29, 0.717) is 27.9 Å². The summed E-state index contributed by atoms with van der Waals surface area (Å²) >= 11 is 0. The van der Waals surface area contributed by atoms with Crippen LogP contribution in [0.4, 0.5) is 25.8 Å². The predicted octanol–water partition coefficient (Wildman–Crippen LogP) is 8.25. The number of imide groups is 1. The summed E-state index contributed by atoms with van der Waals surface area (Å²) in [5.74, 6) is -0.843. The number of rotatable bonds is 2. The van der Waals surface area contributed by atoms with E-state index < -0.39 is 41.0 Å². The number of carbonyl (C=O) groups is 4. The van der Waals surface area contributed by atoms with Gasteiger partial charge in [-0.1, -0.05) is 30.3 Å². The molecule has 0 radical (unpaired) electrons. The van der Waals surface area contributed by atoms with Crippen molar-refractivity contribution in [3.63, 3.8) is 0 Å². The third kappa shape index (κ3) is 7.64. The molecule has 0 atom stereocenters. The molecule has 3 amide bonds. The Balaban J connectivity index is 1.89. The van der Waals surface area contributed by atoms with Gasteiger partial charge in [-0.05, 0) is 105 Å². The maximum Gasteiger partial charge on any atom is 0.435 e. The summed E-state index contributed by atoms with van der Waals surface area (Å²) in [6.45, 7) is 17.2. The van der Waals surface area contributed by atoms with Gasteiger partial charge in [-0.25, -0.2) is 24.2 Å². The molecule has 0 saturated carbocycles. The second-order valence-corrected chi connectivity index (χ2v) is 14.7. The molecule has 5 rings (SSSR count). The Kier molecular flexibility index (Phi) is 8.88. The smallest absolute Gasteiger partial charge is 0.435 e. The Bertz CT molecular complexity index is 1990. The van der Waals surface area contributed by atoms with Crippen molar-refractivity contribution in [2.75, 3.05) is 9.80 Å². The van der Waals surface area contributed by atoms with Crippen LogP contribution in [0.3, 0.4) is 0 Å². The summed E-state index contributed by atoms with van der Waals surface area (Å²) in [7, 11) is 0. The van der Waals surface area contributed by atoms with Gasteiger partial charge in [0.25, 0.3) is 5.91 Å². The van der Waals surface area contributed by atoms with Crippen LogP contribution in [-0.2, 0) is 19.0 Å². The molecule has 0 fully saturated rings. The molecule has 1 aliphatic rings. The van der Waals surface area contributed by atoms with E-state index in [9.17, 15) is 19.2 Å². The van der Waals surface area contributed by atoms with Crippen molar-refractivity contribution in [3.05, 3.63) is 77.7 Å². The number of amides is 3. The van der Waals surface area contributed by atoms with Gasteiger partial charge in [0.1, 0.15) is 28.2 Å². The fourth-order valence-electron chi connectivity index (χ4n) is 5.12. The molecule has 4 aromatic rings. The number of anilines is 2. The van der Waals surface area contributed by atoms with Crippen molar-refractivity contribution in [3.8, 4) is 11.3 Å². The zero-order chi connectivity index (χ0) is 36.1. The topological polar surface area (TPSA) is 133 Å². The van der Waals surface area contributed by atoms with Gasteiger partial charge in [-0.2, -0.15) is 9.78 Å². The molecular formula is C37H41N5O7. The summed E-state index contributed by atoms with van der Waals surface area (Å²) in [5, 5.41) is 5.10. The Morgan fingerprint density at radius 2 is 1.27 bits per heavy atom. The number of aryl methyl sites for hydroxylation is 1. The van der Waals surface area contributed by atoms with E-state index in [-0.39, 0.29) is 22.6 Å². The number of fused-ring (bicyclic) bond motifs is 2. The van der Waals surface area contributed by atoms with E-state index in [4.69, 9.17) is 14.2 Å². The number of ether oxygens (including phenoxy) is 3. The lowest BCUT2D eigenvalue weighted by molar-refractivity contribution is -0.115. The average Bonchev–Trinajstić information content (AvgIpc) is 3.33. The first-order chi connectivity index (χ1) is 22.7. The highest BCUT2D eigenvalue weighted by atomic mass is 16.6. The summed E-state index contributed by atoms with van der Waals surface area (Å²) < 4.78 is 18.3. The van der Waals surface area contributed by atoms with Crippen LogP contribution in [0.15, 0.2) is 66.5 Å². The molecule has 0 spiro atoms. The van der Waals surface area contributed by atoms with Crippen LogP contribution < -0.4 is 9.80 Å². The number of hydrogen-bond donors (Lipinski definition) is 0. The number of carbonyl (C=O) groups excluding carboxylic acids is 4. The van der Waals surface area contributed by atoms with Gasteiger partial charge in [-0.3, -0.25) is 9.78 Å². The Hall–Kier alpha value is -5.52. The second-order valence-electron chi connectivity index (χ2n) is 14.7. The van der Waals surface area contributed by atoms with Gasteiger partial charge in [-0.15, -0.1) is 0 Å². The van der Waals surface area contributed by atoms with Crippen LogP contribution in [0.1, 0.15) is 73.6 Å². The highest BCUT2D eigenvalue weighted by Gasteiger charge is 2.44. The van der Waals surface area contributed by atoms with Crippen molar-refractivity contribution in [2.24, 2.45) is 0 Å². The molecule has 0 N–H and O–H groups in total. The third-order valence-electron chi connectivity index (χ3n) is 6.91. The Labute approximate surface area is 285 Å². The monoisotopic (exact) mass is 667 g/mol. The van der Waals surface area contributed by atoms with E-state index in [0.717, 1.165) is 14.5 Å². The number of benzene rings is 2. The third-order valence-corrected chi connectivity index (χ3v) is 6.91. The number of pyridine rings is 1. The fourth-order valence-corrected chi connectivity index (χ4v) is 5.12. The minimum atomic E-state index is -0.978. The summed E-state index contributed by atoms with van der Waals surface area (Å²) in [6, 6.07) is 15.5. The van der Waals surface area contributed by atoms with E-state index in [1.165, 1.54) is 12.1 Å². The van der Waals surface area contributed by atoms with Gasteiger partial charge in [0.2, 0.25) is 0 Å². The minimum Gasteiger partial charge on any atom is -0.443 e. The zero-order valence-electron chi connectivity index (χ0n) is 29.4. The van der Waals surface area contributed by atoms with Gasteiger partial charge in [0.05, 0.1) is 16.9 Å². The van der Waals surface area contributed by atoms with Crippen molar-refractivity contribution in [2.45, 2.75) is 86.0 Å². The van der Waals surface area contributed by atoms with E-state index in [1.807, 2.05) is 19.1 Å². The first-order valence-corrected chi connectivity index (χ1v) is 15.8. The maximum atomic E-state index is 14.5. The molecule has 0 aliphatic carbocycles. The molecule has 0 unspecified atom stereocenters. The molecule has 2 aromatic heterocycles. The largest absolute Gasteiger partial charge is 0.443 e. The molecular weight excluding hydrogens is 626 g/mol. The molecule has 1 aliphatic heterocycles. The van der Waals surface area contributed by atoms with Crippen LogP contribution in [-0.4, -0.2) is 55.8 Å². The van der Waals surface area contributed by atoms with Gasteiger partial charge in [0.15, 0.2) is 0 Å². The summed E-state index contributed by atoms with van der Waals surface area (Å²) in [5.41, 5.74) is -0.275. The summed E-state index contributed by atoms with van der Waals surface area (Å²) in [4.78, 5) is 62.4. The molecule has 2 aromatic carbocycles. The van der Waals surface area contributed by atoms with Crippen LogP contribution in [0.2, 0.25) is 0 Å². The van der Waals surface area contributed by atoms with Gasteiger partial charge < -0.3 is 14.2 Å². The minimum absolute atomic E-state index is 0.0232. The van der Waals surface area contributed by atoms with Crippen molar-refractivity contribution in [1.82, 2.24) is 14.8 Å². The second kappa shape index (κ2) is 12.5. The van der Waals surface area contributed by atoms with E-state index in [1.54, 1.807) is 105 Å². The lowest BCUT2D eigenvalue weighted by Crippen LogP contribution is -2.51. The molecule has 3 heterocycles. The predicted molar refractivity (Wildman–Crippen MR) is 186 cm³/mol. The van der Waals surface area contributed by atoms with E-state index >= 15 is 0 Å². The quantitative estimate of drug-likeness (QED) is 0.153. The number of nitrogens with zero attached hydrogens (tertiary/aromatic N) is 5. The standard InChI is InChI=1S/C37H41N5O7/c1-22-18-24(16-17-38-22)30-25-20-27-28(21-26(25)42(39-30)34(46)49-37(8,9)10)41(33(45)48-36(5,6)7)31(43)29(19-23-14-12-11-13-15-23)40(27)32(44)47-35(2,3)4/h11-21H,1-10H3/b29-19+. The molecule has 256 valence electrons. The van der Waals surface area contributed by atoms with Crippen LogP contribution in [0, 0.1) is 6.92 Å². The van der Waals surface area contributed by atoms with Crippen LogP contribution >= 0.6 is 0 Å². The zero-order valence-corrected chi connectivity index (χ0v) is 29.4. The maximum absolute atomic E-state index is 14.5. The first kappa shape index (κ1) is 34.8. The highest BCUT2D eigenvalue weighted by molar-refractivity contribution is 6.30. The van der Waals surface area contributed by atoms with Gasteiger partial charge >= 0.3 is 18.3 Å². The number of hydrogen-bond acceptors (Lipinski definition) is 9. The molecule has 12 heteroatoms. The number of aromatic nitrogens is 3. The first-order valence-electron chi connectivity index (χ1n) is 15.8. The molecule has 12 nitrogen and oxygen atoms in total. The van der Waals surface area contributed by atoms with Crippen molar-refractivity contribution < 1.29 is 33.4 Å². The normalized spacial score (nSPS) is 14.6. The molecule has 0 saturated heterocycles. The fraction of sp³-hybridized carbons (Fsp3) is 0.351. The Morgan fingerprint density at radius 1 is 0.714 bits per heavy atom. The van der Waals surface area contributed by atoms with Crippen molar-refractivity contribution >= 4 is 52.5 Å². The average molecular weight is 668 g/mol. The highest BCUT2D eigenvalue weighted by Crippen LogP contribution is 2.44. The summed E-state index contributed by atoms with van der Waals surface area (Å²) in [6.07, 6.45) is 0.517. The Morgan fingerprint density at radius 3 is 1.84 bits per heavy atom.